The van der Waals surface area contributed by atoms with Crippen molar-refractivity contribution in [1.29, 1.82) is 0 Å². The molecule has 146 valence electrons. The largest absolute Gasteiger partial charge is 0.493 e. The highest BCUT2D eigenvalue weighted by Gasteiger charge is 2.21. The maximum absolute atomic E-state index is 6.12. The number of benzene rings is 2. The van der Waals surface area contributed by atoms with Crippen molar-refractivity contribution in [2.45, 2.75) is 19.0 Å². The van der Waals surface area contributed by atoms with E-state index in [0.29, 0.717) is 19.1 Å². The molecule has 6 nitrogen and oxygen atoms in total. The maximum Gasteiger partial charge on any atom is 0.189 e. The van der Waals surface area contributed by atoms with Gasteiger partial charge in [-0.2, -0.15) is 0 Å². The molecule has 29 heavy (non-hydrogen) atoms. The van der Waals surface area contributed by atoms with Crippen LogP contribution in [0.2, 0.25) is 0 Å². The number of furan rings is 1. The van der Waals surface area contributed by atoms with Gasteiger partial charge in [0.2, 0.25) is 0 Å². The van der Waals surface area contributed by atoms with Crippen molar-refractivity contribution in [2.24, 2.45) is 10.7 Å². The summed E-state index contributed by atoms with van der Waals surface area (Å²) >= 11 is 1.62. The van der Waals surface area contributed by atoms with Crippen molar-refractivity contribution >= 4 is 27.5 Å². The monoisotopic (exact) mass is 404 g/mol. The van der Waals surface area contributed by atoms with E-state index < -0.39 is 0 Å². The molecule has 0 radical (unpaired) electrons. The summed E-state index contributed by atoms with van der Waals surface area (Å²) in [5.74, 6) is 2.79. The molecule has 0 bridgehead atoms. The van der Waals surface area contributed by atoms with E-state index >= 15 is 0 Å². The zero-order chi connectivity index (χ0) is 19.6. The Balaban J connectivity index is 1.27. The van der Waals surface area contributed by atoms with Crippen molar-refractivity contribution < 1.29 is 9.15 Å². The number of nitrogens with one attached hydrogen (secondary N) is 1. The second-order valence-electron chi connectivity index (χ2n) is 6.83. The van der Waals surface area contributed by atoms with Gasteiger partial charge in [0, 0.05) is 12.0 Å². The number of thiazole rings is 1. The van der Waals surface area contributed by atoms with Gasteiger partial charge >= 0.3 is 0 Å². The SMILES string of the molecule is NC(=NCc1ccc(-c2nc3ccccc3s2)o1)NC1CCOc2ccccc21. The van der Waals surface area contributed by atoms with Crippen LogP contribution in [0, 0.1) is 0 Å². The fourth-order valence-corrected chi connectivity index (χ4v) is 4.36. The van der Waals surface area contributed by atoms with E-state index in [4.69, 9.17) is 14.9 Å². The van der Waals surface area contributed by atoms with E-state index in [1.165, 1.54) is 0 Å². The smallest absolute Gasteiger partial charge is 0.189 e. The van der Waals surface area contributed by atoms with Crippen LogP contribution in [0.1, 0.15) is 23.8 Å². The summed E-state index contributed by atoms with van der Waals surface area (Å²) in [5, 5.41) is 4.16. The van der Waals surface area contributed by atoms with Crippen molar-refractivity contribution in [2.75, 3.05) is 6.61 Å². The van der Waals surface area contributed by atoms with E-state index in [-0.39, 0.29) is 6.04 Å². The number of guanidine groups is 1. The zero-order valence-corrected chi connectivity index (χ0v) is 16.5. The van der Waals surface area contributed by atoms with Crippen molar-refractivity contribution in [3.8, 4) is 16.5 Å². The first kappa shape index (κ1) is 17.8. The molecule has 0 saturated carbocycles. The van der Waals surface area contributed by atoms with Gasteiger partial charge in [-0.05, 0) is 30.3 Å². The van der Waals surface area contributed by atoms with Gasteiger partial charge in [0.25, 0.3) is 0 Å². The normalized spacial score (nSPS) is 16.4. The molecule has 2 aromatic heterocycles. The fourth-order valence-electron chi connectivity index (χ4n) is 3.43. The van der Waals surface area contributed by atoms with E-state index in [1.54, 1.807) is 11.3 Å². The third-order valence-corrected chi connectivity index (χ3v) is 5.90. The molecule has 1 aliphatic heterocycles. The lowest BCUT2D eigenvalue weighted by Crippen LogP contribution is -2.37. The molecule has 5 rings (SSSR count). The van der Waals surface area contributed by atoms with E-state index in [2.05, 4.69) is 27.4 Å². The highest BCUT2D eigenvalue weighted by Crippen LogP contribution is 2.32. The highest BCUT2D eigenvalue weighted by molar-refractivity contribution is 7.21. The van der Waals surface area contributed by atoms with Gasteiger partial charge < -0.3 is 20.2 Å². The summed E-state index contributed by atoms with van der Waals surface area (Å²) in [6.45, 7) is 1.03. The van der Waals surface area contributed by atoms with Crippen LogP contribution in [0.3, 0.4) is 0 Å². The average Bonchev–Trinajstić information content (AvgIpc) is 3.39. The number of ether oxygens (including phenoxy) is 1. The molecule has 1 atom stereocenters. The van der Waals surface area contributed by atoms with Gasteiger partial charge in [-0.1, -0.05) is 30.3 Å². The molecule has 0 spiro atoms. The number of aliphatic imine (C=N–C) groups is 1. The van der Waals surface area contributed by atoms with Gasteiger partial charge in [-0.15, -0.1) is 11.3 Å². The zero-order valence-electron chi connectivity index (χ0n) is 15.7. The van der Waals surface area contributed by atoms with Crippen LogP contribution in [-0.2, 0) is 6.54 Å². The molecule has 0 aliphatic carbocycles. The Kier molecular flexibility index (Phi) is 4.65. The molecule has 1 unspecified atom stereocenters. The first-order valence-electron chi connectivity index (χ1n) is 9.49. The Morgan fingerprint density at radius 2 is 2.00 bits per heavy atom. The van der Waals surface area contributed by atoms with E-state index in [0.717, 1.165) is 44.5 Å². The minimum atomic E-state index is 0.0959. The first-order chi connectivity index (χ1) is 14.3. The quantitative estimate of drug-likeness (QED) is 0.387. The molecule has 3 heterocycles. The summed E-state index contributed by atoms with van der Waals surface area (Å²) in [6, 6.07) is 20.0. The molecule has 0 fully saturated rings. The minimum Gasteiger partial charge on any atom is -0.493 e. The highest BCUT2D eigenvalue weighted by atomic mass is 32.1. The fraction of sp³-hybridized carbons (Fsp3) is 0.182. The maximum atomic E-state index is 6.12. The number of rotatable bonds is 4. The van der Waals surface area contributed by atoms with Crippen LogP contribution in [0.4, 0.5) is 0 Å². The third-order valence-electron chi connectivity index (χ3n) is 4.85. The van der Waals surface area contributed by atoms with Crippen LogP contribution < -0.4 is 15.8 Å². The van der Waals surface area contributed by atoms with Crippen LogP contribution in [-0.4, -0.2) is 17.6 Å². The number of hydrogen-bond acceptors (Lipinski definition) is 5. The Hall–Kier alpha value is -3.32. The molecule has 2 aromatic carbocycles. The van der Waals surface area contributed by atoms with Crippen LogP contribution in [0.15, 0.2) is 70.1 Å². The topological polar surface area (TPSA) is 85.7 Å². The number of nitrogens with zero attached hydrogens (tertiary/aromatic N) is 2. The number of fused-ring (bicyclic) bond motifs is 2. The lowest BCUT2D eigenvalue weighted by molar-refractivity contribution is 0.262. The van der Waals surface area contributed by atoms with Gasteiger partial charge in [0.15, 0.2) is 16.7 Å². The Morgan fingerprint density at radius 1 is 1.14 bits per heavy atom. The standard InChI is InChI=1S/C22H20N4O2S/c23-22(26-16-11-12-27-18-7-3-1-5-15(16)18)24-13-14-9-10-19(28-14)21-25-17-6-2-4-8-20(17)29-21/h1-10,16H,11-13H2,(H3,23,24,26). The molecule has 0 amide bonds. The molecular formula is C22H20N4O2S. The second kappa shape index (κ2) is 7.60. The van der Waals surface area contributed by atoms with Crippen LogP contribution in [0.25, 0.3) is 21.0 Å². The van der Waals surface area contributed by atoms with Gasteiger partial charge in [0.05, 0.1) is 22.9 Å². The van der Waals surface area contributed by atoms with E-state index in [9.17, 15) is 0 Å². The Morgan fingerprint density at radius 3 is 2.93 bits per heavy atom. The molecule has 1 aliphatic rings. The van der Waals surface area contributed by atoms with Crippen molar-refractivity contribution in [3.05, 3.63) is 72.0 Å². The summed E-state index contributed by atoms with van der Waals surface area (Å²) < 4.78 is 12.8. The van der Waals surface area contributed by atoms with Crippen molar-refractivity contribution in [3.63, 3.8) is 0 Å². The molecule has 7 heteroatoms. The number of aromatic nitrogens is 1. The molecular weight excluding hydrogens is 384 g/mol. The minimum absolute atomic E-state index is 0.0959. The number of nitrogens with two attached hydrogens (primary N) is 1. The summed E-state index contributed by atoms with van der Waals surface area (Å²) in [6.07, 6.45) is 0.843. The van der Waals surface area contributed by atoms with Gasteiger partial charge in [-0.25, -0.2) is 9.98 Å². The van der Waals surface area contributed by atoms with Gasteiger partial charge in [-0.3, -0.25) is 0 Å². The van der Waals surface area contributed by atoms with Gasteiger partial charge in [0.1, 0.15) is 18.1 Å². The predicted molar refractivity (Wildman–Crippen MR) is 115 cm³/mol. The molecule has 3 N–H and O–H groups in total. The Bertz CT molecular complexity index is 1150. The van der Waals surface area contributed by atoms with E-state index in [1.807, 2.05) is 48.5 Å². The number of para-hydroxylation sites is 2. The van der Waals surface area contributed by atoms with Crippen molar-refractivity contribution in [1.82, 2.24) is 10.3 Å². The average molecular weight is 404 g/mol. The molecule has 0 saturated heterocycles. The second-order valence-corrected chi connectivity index (χ2v) is 7.86. The van der Waals surface area contributed by atoms with Crippen LogP contribution in [0.5, 0.6) is 5.75 Å². The first-order valence-corrected chi connectivity index (χ1v) is 10.3. The molecule has 4 aromatic rings. The lowest BCUT2D eigenvalue weighted by Gasteiger charge is -2.26. The summed E-state index contributed by atoms with van der Waals surface area (Å²) in [7, 11) is 0. The van der Waals surface area contributed by atoms with Crippen LogP contribution >= 0.6 is 11.3 Å². The third kappa shape index (κ3) is 3.69. The predicted octanol–water partition coefficient (Wildman–Crippen LogP) is 4.48. The lowest BCUT2D eigenvalue weighted by atomic mass is 10.0. The summed E-state index contributed by atoms with van der Waals surface area (Å²) in [4.78, 5) is 9.07. The number of hydrogen-bond donors (Lipinski definition) is 2. The Labute approximate surface area is 172 Å². The summed E-state index contributed by atoms with van der Waals surface area (Å²) in [5.41, 5.74) is 8.21.